The number of allylic oxidation sites excluding steroid dienone is 1. The maximum Gasteiger partial charge on any atom is 0.383 e. The van der Waals surface area contributed by atoms with Gasteiger partial charge in [0.1, 0.15) is 16.7 Å². The lowest BCUT2D eigenvalue weighted by atomic mass is 10.1. The molecule has 0 atom stereocenters. The van der Waals surface area contributed by atoms with Crippen molar-refractivity contribution < 1.29 is 23.4 Å². The van der Waals surface area contributed by atoms with E-state index in [1.165, 1.54) is 38.5 Å². The van der Waals surface area contributed by atoms with Gasteiger partial charge < -0.3 is 18.6 Å². The number of benzene rings is 2. The maximum atomic E-state index is 13.0. The van der Waals surface area contributed by atoms with Crippen LogP contribution in [-0.2, 0) is 0 Å². The average Bonchev–Trinajstić information content (AvgIpc) is 2.93. The van der Waals surface area contributed by atoms with Gasteiger partial charge in [0, 0.05) is 0 Å². The number of unbranched alkanes of at least 4 members (excludes halogenated alkanes) is 7. The molecule has 6 heteroatoms. The first-order chi connectivity index (χ1) is 18.7. The Kier molecular flexibility index (Phi) is 12.5. The van der Waals surface area contributed by atoms with E-state index in [4.69, 9.17) is 18.6 Å². The summed E-state index contributed by atoms with van der Waals surface area (Å²) in [6.45, 7) is 5.02. The first-order valence-corrected chi connectivity index (χ1v) is 13.9. The summed E-state index contributed by atoms with van der Waals surface area (Å²) in [6, 6.07) is 13.9. The van der Waals surface area contributed by atoms with Crippen LogP contribution in [0.5, 0.6) is 17.2 Å². The molecule has 0 saturated carbocycles. The summed E-state index contributed by atoms with van der Waals surface area (Å²) < 4.78 is 23.3. The molecule has 2 aromatic carbocycles. The van der Waals surface area contributed by atoms with Crippen LogP contribution in [0.15, 0.2) is 69.9 Å². The number of ether oxygens (including phenoxy) is 3. The van der Waals surface area contributed by atoms with Gasteiger partial charge in [0.15, 0.2) is 5.75 Å². The van der Waals surface area contributed by atoms with E-state index < -0.39 is 11.6 Å². The van der Waals surface area contributed by atoms with Crippen molar-refractivity contribution in [3.8, 4) is 17.2 Å². The fraction of sp³-hybridized carbons (Fsp3) is 0.438. The minimum Gasteiger partial charge on any atom is -0.493 e. The van der Waals surface area contributed by atoms with Crippen molar-refractivity contribution in [3.05, 3.63) is 76.7 Å². The summed E-state index contributed by atoms with van der Waals surface area (Å²) >= 11 is 0. The van der Waals surface area contributed by atoms with Crippen LogP contribution in [0.3, 0.4) is 0 Å². The van der Waals surface area contributed by atoms with Gasteiger partial charge in [-0.05, 0) is 43.5 Å². The molecule has 0 unspecified atom stereocenters. The largest absolute Gasteiger partial charge is 0.493 e. The van der Waals surface area contributed by atoms with Gasteiger partial charge in [-0.25, -0.2) is 9.59 Å². The molecule has 0 N–H and O–H groups in total. The van der Waals surface area contributed by atoms with Crippen LogP contribution in [0, 0.1) is 0 Å². The summed E-state index contributed by atoms with van der Waals surface area (Å²) in [5, 5.41) is 0.412. The van der Waals surface area contributed by atoms with Crippen LogP contribution in [-0.4, -0.2) is 19.2 Å². The molecule has 0 amide bonds. The third kappa shape index (κ3) is 8.79. The van der Waals surface area contributed by atoms with Crippen LogP contribution in [0.25, 0.3) is 11.0 Å². The molecule has 3 rings (SSSR count). The molecule has 0 saturated heterocycles. The zero-order chi connectivity index (χ0) is 27.0. The molecule has 0 radical (unpaired) electrons. The van der Waals surface area contributed by atoms with Crippen molar-refractivity contribution in [1.29, 1.82) is 0 Å². The van der Waals surface area contributed by atoms with E-state index in [1.807, 2.05) is 25.1 Å². The SMILES string of the molecule is CC/C=C/CCOc1c(OC(=O)c2ccccc2)c2c(OCCCCCCCCCC)cccc2oc1=O. The molecule has 3 aromatic rings. The van der Waals surface area contributed by atoms with E-state index in [0.29, 0.717) is 29.7 Å². The Bertz CT molecular complexity index is 1210. The van der Waals surface area contributed by atoms with Gasteiger partial charge in [-0.1, -0.05) is 95.2 Å². The zero-order valence-corrected chi connectivity index (χ0v) is 22.7. The second-order valence-electron chi connectivity index (χ2n) is 9.27. The molecule has 0 spiro atoms. The fourth-order valence-corrected chi connectivity index (χ4v) is 4.17. The van der Waals surface area contributed by atoms with Crippen molar-refractivity contribution in [3.63, 3.8) is 0 Å². The standard InChI is InChI=1S/C32H40O6/c1-3-5-7-9-10-11-12-17-23-35-26-21-18-22-27-28(26)29(38-31(33)25-19-14-13-15-20-25)30(32(34)37-27)36-24-16-8-6-4-2/h6,8,13-15,18-22H,3-5,7,9-12,16-17,23-24H2,1-2H3/b8-6+. The van der Waals surface area contributed by atoms with E-state index in [-0.39, 0.29) is 23.7 Å². The number of esters is 1. The smallest absolute Gasteiger partial charge is 0.383 e. The lowest BCUT2D eigenvalue weighted by molar-refractivity contribution is 0.0729. The van der Waals surface area contributed by atoms with Crippen molar-refractivity contribution in [2.45, 2.75) is 78.1 Å². The minimum atomic E-state index is -0.701. The molecule has 204 valence electrons. The van der Waals surface area contributed by atoms with Gasteiger partial charge in [0.2, 0.25) is 5.75 Å². The van der Waals surface area contributed by atoms with E-state index in [2.05, 4.69) is 6.92 Å². The Balaban J connectivity index is 1.82. The first-order valence-electron chi connectivity index (χ1n) is 13.9. The monoisotopic (exact) mass is 520 g/mol. The number of rotatable bonds is 17. The lowest BCUT2D eigenvalue weighted by Crippen LogP contribution is -2.15. The van der Waals surface area contributed by atoms with Crippen LogP contribution in [0.1, 0.15) is 88.4 Å². The predicted octanol–water partition coefficient (Wildman–Crippen LogP) is 8.27. The predicted molar refractivity (Wildman–Crippen MR) is 152 cm³/mol. The summed E-state index contributed by atoms with van der Waals surface area (Å²) in [6.07, 6.45) is 15.1. The van der Waals surface area contributed by atoms with Crippen LogP contribution >= 0.6 is 0 Å². The van der Waals surface area contributed by atoms with E-state index in [9.17, 15) is 9.59 Å². The quantitative estimate of drug-likeness (QED) is 0.0772. The Morgan fingerprint density at radius 2 is 1.53 bits per heavy atom. The topological polar surface area (TPSA) is 75.0 Å². The highest BCUT2D eigenvalue weighted by atomic mass is 16.6. The minimum absolute atomic E-state index is 0.0242. The molecule has 1 aromatic heterocycles. The van der Waals surface area contributed by atoms with Gasteiger partial charge in [-0.3, -0.25) is 0 Å². The van der Waals surface area contributed by atoms with Crippen molar-refractivity contribution in [2.24, 2.45) is 0 Å². The summed E-state index contributed by atoms with van der Waals surface area (Å²) in [7, 11) is 0. The van der Waals surface area contributed by atoms with Crippen molar-refractivity contribution in [1.82, 2.24) is 0 Å². The second kappa shape index (κ2) is 16.3. The van der Waals surface area contributed by atoms with Crippen LogP contribution in [0.2, 0.25) is 0 Å². The van der Waals surface area contributed by atoms with Crippen LogP contribution in [0.4, 0.5) is 0 Å². The second-order valence-corrected chi connectivity index (χ2v) is 9.27. The number of fused-ring (bicyclic) bond motifs is 1. The van der Waals surface area contributed by atoms with Gasteiger partial charge in [0.05, 0.1) is 18.8 Å². The van der Waals surface area contributed by atoms with E-state index in [1.54, 1.807) is 42.5 Å². The summed E-state index contributed by atoms with van der Waals surface area (Å²) in [5.41, 5.74) is -0.0615. The average molecular weight is 521 g/mol. The molecule has 38 heavy (non-hydrogen) atoms. The number of hydrogen-bond donors (Lipinski definition) is 0. The summed E-state index contributed by atoms with van der Waals surface area (Å²) in [4.78, 5) is 25.9. The highest BCUT2D eigenvalue weighted by Crippen LogP contribution is 2.39. The van der Waals surface area contributed by atoms with Crippen LogP contribution < -0.4 is 19.8 Å². The third-order valence-electron chi connectivity index (χ3n) is 6.20. The molecule has 6 nitrogen and oxygen atoms in total. The molecule has 0 aliphatic carbocycles. The Morgan fingerprint density at radius 3 is 2.26 bits per heavy atom. The van der Waals surface area contributed by atoms with Crippen molar-refractivity contribution >= 4 is 16.9 Å². The number of hydrogen-bond acceptors (Lipinski definition) is 6. The van der Waals surface area contributed by atoms with Gasteiger partial charge in [-0.2, -0.15) is 0 Å². The molecule has 0 aliphatic heterocycles. The maximum absolute atomic E-state index is 13.0. The molecular weight excluding hydrogens is 480 g/mol. The lowest BCUT2D eigenvalue weighted by Gasteiger charge is -2.15. The van der Waals surface area contributed by atoms with Gasteiger partial charge >= 0.3 is 11.6 Å². The first kappa shape index (κ1) is 29.0. The third-order valence-corrected chi connectivity index (χ3v) is 6.20. The van der Waals surface area contributed by atoms with Gasteiger partial charge in [0.25, 0.3) is 0 Å². The Hall–Kier alpha value is -3.54. The van der Waals surface area contributed by atoms with E-state index >= 15 is 0 Å². The van der Waals surface area contributed by atoms with Gasteiger partial charge in [-0.15, -0.1) is 0 Å². The molecular formula is C32H40O6. The molecule has 0 fully saturated rings. The van der Waals surface area contributed by atoms with Crippen molar-refractivity contribution in [2.75, 3.05) is 13.2 Å². The highest BCUT2D eigenvalue weighted by Gasteiger charge is 2.24. The normalized spacial score (nSPS) is 11.2. The Morgan fingerprint density at radius 1 is 0.789 bits per heavy atom. The molecule has 1 heterocycles. The molecule has 0 bridgehead atoms. The number of carbonyl (C=O) groups is 1. The van der Waals surface area contributed by atoms with E-state index in [0.717, 1.165) is 19.3 Å². The Labute approximate surface area is 225 Å². The number of carbonyl (C=O) groups excluding carboxylic acids is 1. The molecule has 0 aliphatic rings. The highest BCUT2D eigenvalue weighted by molar-refractivity contribution is 5.97. The fourth-order valence-electron chi connectivity index (χ4n) is 4.17. The zero-order valence-electron chi connectivity index (χ0n) is 22.7. The summed E-state index contributed by atoms with van der Waals surface area (Å²) in [5.74, 6) is -0.210.